The van der Waals surface area contributed by atoms with Gasteiger partial charge in [0.2, 0.25) is 0 Å². The van der Waals surface area contributed by atoms with Gasteiger partial charge in [-0.15, -0.1) is 0 Å². The van der Waals surface area contributed by atoms with E-state index < -0.39 is 0 Å². The Morgan fingerprint density at radius 2 is 2.33 bits per heavy atom. The van der Waals surface area contributed by atoms with E-state index in [1.807, 2.05) is 0 Å². The second-order valence-corrected chi connectivity index (χ2v) is 2.63. The molecular formula is C6H12N2O. The third kappa shape index (κ3) is 0.956. The second kappa shape index (κ2) is 2.25. The minimum atomic E-state index is 0.443. The van der Waals surface area contributed by atoms with Gasteiger partial charge < -0.3 is 15.4 Å². The predicted molar refractivity (Wildman–Crippen MR) is 34.4 cm³/mol. The van der Waals surface area contributed by atoms with E-state index in [9.17, 15) is 0 Å². The van der Waals surface area contributed by atoms with E-state index in [1.54, 1.807) is 0 Å². The van der Waals surface area contributed by atoms with Gasteiger partial charge in [0.15, 0.2) is 0 Å². The third-order valence-corrected chi connectivity index (χ3v) is 2.00. The SMILES string of the molecule is C1CO[C@@H]2CNCC2N1. The molecule has 9 heavy (non-hydrogen) atoms. The van der Waals surface area contributed by atoms with Gasteiger partial charge in [0.1, 0.15) is 0 Å². The first-order chi connectivity index (χ1) is 4.47. The van der Waals surface area contributed by atoms with E-state index >= 15 is 0 Å². The molecule has 0 bridgehead atoms. The molecule has 2 N–H and O–H groups in total. The summed E-state index contributed by atoms with van der Waals surface area (Å²) in [4.78, 5) is 0. The fourth-order valence-corrected chi connectivity index (χ4v) is 1.49. The normalized spacial score (nSPS) is 42.7. The third-order valence-electron chi connectivity index (χ3n) is 2.00. The Kier molecular flexibility index (Phi) is 1.41. The Balaban J connectivity index is 1.97. The predicted octanol–water partition coefficient (Wildman–Crippen LogP) is -1.05. The zero-order valence-electron chi connectivity index (χ0n) is 5.39. The summed E-state index contributed by atoms with van der Waals surface area (Å²) < 4.78 is 5.48. The molecule has 0 aromatic rings. The molecule has 2 rings (SSSR count). The molecular weight excluding hydrogens is 116 g/mol. The number of hydrogen-bond acceptors (Lipinski definition) is 3. The minimum absolute atomic E-state index is 0.443. The lowest BCUT2D eigenvalue weighted by Crippen LogP contribution is -2.47. The van der Waals surface area contributed by atoms with Crippen molar-refractivity contribution in [3.8, 4) is 0 Å². The van der Waals surface area contributed by atoms with Crippen LogP contribution in [0.3, 0.4) is 0 Å². The monoisotopic (exact) mass is 128 g/mol. The van der Waals surface area contributed by atoms with Crippen LogP contribution in [0.2, 0.25) is 0 Å². The van der Waals surface area contributed by atoms with E-state index in [1.165, 1.54) is 0 Å². The molecule has 2 heterocycles. The summed E-state index contributed by atoms with van der Waals surface area (Å²) in [7, 11) is 0. The molecule has 2 aliphatic rings. The highest BCUT2D eigenvalue weighted by Gasteiger charge is 2.29. The van der Waals surface area contributed by atoms with Crippen LogP contribution >= 0.6 is 0 Å². The summed E-state index contributed by atoms with van der Waals surface area (Å²) in [5.74, 6) is 0. The number of rotatable bonds is 0. The summed E-state index contributed by atoms with van der Waals surface area (Å²) in [6.07, 6.45) is 0.443. The van der Waals surface area contributed by atoms with E-state index in [0.717, 1.165) is 26.2 Å². The molecule has 2 atom stereocenters. The lowest BCUT2D eigenvalue weighted by atomic mass is 10.2. The number of hydrogen-bond donors (Lipinski definition) is 2. The maximum atomic E-state index is 5.48. The van der Waals surface area contributed by atoms with Crippen LogP contribution < -0.4 is 10.6 Å². The summed E-state index contributed by atoms with van der Waals surface area (Å²) in [5.41, 5.74) is 0. The van der Waals surface area contributed by atoms with Gasteiger partial charge in [0.25, 0.3) is 0 Å². The number of ether oxygens (including phenoxy) is 1. The zero-order chi connectivity index (χ0) is 6.10. The van der Waals surface area contributed by atoms with E-state index in [-0.39, 0.29) is 0 Å². The van der Waals surface area contributed by atoms with Crippen LogP contribution in [0.5, 0.6) is 0 Å². The van der Waals surface area contributed by atoms with Gasteiger partial charge in [-0.2, -0.15) is 0 Å². The maximum Gasteiger partial charge on any atom is 0.0865 e. The molecule has 0 radical (unpaired) electrons. The van der Waals surface area contributed by atoms with Crippen LogP contribution in [0.25, 0.3) is 0 Å². The Labute approximate surface area is 54.8 Å². The Morgan fingerprint density at radius 1 is 1.33 bits per heavy atom. The van der Waals surface area contributed by atoms with Crippen LogP contribution in [0, 0.1) is 0 Å². The summed E-state index contributed by atoms with van der Waals surface area (Å²) in [6.45, 7) is 3.99. The van der Waals surface area contributed by atoms with Gasteiger partial charge in [-0.25, -0.2) is 0 Å². The fraction of sp³-hybridized carbons (Fsp3) is 1.00. The lowest BCUT2D eigenvalue weighted by Gasteiger charge is -2.25. The van der Waals surface area contributed by atoms with Crippen molar-refractivity contribution >= 4 is 0 Å². The van der Waals surface area contributed by atoms with Crippen molar-refractivity contribution in [1.29, 1.82) is 0 Å². The first-order valence-corrected chi connectivity index (χ1v) is 3.52. The van der Waals surface area contributed by atoms with Gasteiger partial charge in [-0.3, -0.25) is 0 Å². The van der Waals surface area contributed by atoms with Gasteiger partial charge in [-0.1, -0.05) is 0 Å². The Morgan fingerprint density at radius 3 is 3.22 bits per heavy atom. The summed E-state index contributed by atoms with van der Waals surface area (Å²) in [5, 5.41) is 6.67. The van der Waals surface area contributed by atoms with Crippen molar-refractivity contribution in [3.05, 3.63) is 0 Å². The molecule has 0 amide bonds. The van der Waals surface area contributed by atoms with Gasteiger partial charge in [0, 0.05) is 25.7 Å². The maximum absolute atomic E-state index is 5.48. The zero-order valence-corrected chi connectivity index (χ0v) is 5.39. The molecule has 0 aliphatic carbocycles. The molecule has 0 spiro atoms. The Hall–Kier alpha value is -0.120. The van der Waals surface area contributed by atoms with Crippen LogP contribution in [0.4, 0.5) is 0 Å². The van der Waals surface area contributed by atoms with Crippen LogP contribution in [0.15, 0.2) is 0 Å². The van der Waals surface area contributed by atoms with Crippen LogP contribution in [-0.4, -0.2) is 38.4 Å². The molecule has 2 fully saturated rings. The standard InChI is InChI=1S/C6H12N2O/c1-2-9-6-4-7-3-5(6)8-1/h5-8H,1-4H2/t5?,6-/m1/s1. The highest BCUT2D eigenvalue weighted by atomic mass is 16.5. The lowest BCUT2D eigenvalue weighted by molar-refractivity contribution is 0.0207. The molecule has 3 heteroatoms. The number of morpholine rings is 1. The van der Waals surface area contributed by atoms with Gasteiger partial charge in [0.05, 0.1) is 12.7 Å². The highest BCUT2D eigenvalue weighted by molar-refractivity contribution is 4.89. The number of fused-ring (bicyclic) bond motifs is 1. The van der Waals surface area contributed by atoms with Gasteiger partial charge in [-0.05, 0) is 0 Å². The molecule has 0 aromatic carbocycles. The van der Waals surface area contributed by atoms with Crippen molar-refractivity contribution < 1.29 is 4.74 Å². The van der Waals surface area contributed by atoms with Crippen molar-refractivity contribution in [2.75, 3.05) is 26.2 Å². The highest BCUT2D eigenvalue weighted by Crippen LogP contribution is 2.07. The first-order valence-electron chi connectivity index (χ1n) is 3.52. The van der Waals surface area contributed by atoms with Crippen LogP contribution in [0.1, 0.15) is 0 Å². The topological polar surface area (TPSA) is 33.3 Å². The van der Waals surface area contributed by atoms with Crippen molar-refractivity contribution in [2.24, 2.45) is 0 Å². The van der Waals surface area contributed by atoms with Gasteiger partial charge >= 0.3 is 0 Å². The summed E-state index contributed by atoms with van der Waals surface area (Å²) in [6, 6.07) is 0.582. The largest absolute Gasteiger partial charge is 0.374 e. The molecule has 1 unspecified atom stereocenters. The molecule has 52 valence electrons. The molecule has 2 saturated heterocycles. The molecule has 0 aromatic heterocycles. The first kappa shape index (κ1) is 5.65. The quantitative estimate of drug-likeness (QED) is 0.436. The van der Waals surface area contributed by atoms with E-state index in [4.69, 9.17) is 4.74 Å². The minimum Gasteiger partial charge on any atom is -0.374 e. The second-order valence-electron chi connectivity index (χ2n) is 2.63. The van der Waals surface area contributed by atoms with Crippen LogP contribution in [-0.2, 0) is 4.74 Å². The van der Waals surface area contributed by atoms with E-state index in [2.05, 4.69) is 10.6 Å². The average molecular weight is 128 g/mol. The van der Waals surface area contributed by atoms with E-state index in [0.29, 0.717) is 12.1 Å². The molecule has 3 nitrogen and oxygen atoms in total. The van der Waals surface area contributed by atoms with Crippen molar-refractivity contribution in [2.45, 2.75) is 12.1 Å². The smallest absolute Gasteiger partial charge is 0.0865 e. The molecule has 0 saturated carbocycles. The average Bonchev–Trinajstić information content (AvgIpc) is 2.33. The van der Waals surface area contributed by atoms with Crippen molar-refractivity contribution in [3.63, 3.8) is 0 Å². The summed E-state index contributed by atoms with van der Waals surface area (Å²) >= 11 is 0. The molecule has 2 aliphatic heterocycles. The van der Waals surface area contributed by atoms with Crippen molar-refractivity contribution in [1.82, 2.24) is 10.6 Å². The Bertz CT molecular complexity index is 95.2. The number of nitrogens with one attached hydrogen (secondary N) is 2. The fourth-order valence-electron chi connectivity index (χ4n) is 1.49.